The fourth-order valence-electron chi connectivity index (χ4n) is 3.23. The van der Waals surface area contributed by atoms with E-state index in [-0.39, 0.29) is 11.8 Å². The Labute approximate surface area is 135 Å². The number of nitrogens with zero attached hydrogens (tertiary/aromatic N) is 1. The average Bonchev–Trinajstić information content (AvgIpc) is 2.54. The van der Waals surface area contributed by atoms with Crippen molar-refractivity contribution in [3.8, 4) is 0 Å². The van der Waals surface area contributed by atoms with Gasteiger partial charge in [0.1, 0.15) is 0 Å². The molecule has 3 rings (SSSR count). The fourth-order valence-corrected chi connectivity index (χ4v) is 3.23. The van der Waals surface area contributed by atoms with Crippen LogP contribution in [0.2, 0.25) is 0 Å². The van der Waals surface area contributed by atoms with Crippen LogP contribution in [-0.2, 0) is 6.42 Å². The lowest BCUT2D eigenvalue weighted by Crippen LogP contribution is -2.41. The van der Waals surface area contributed by atoms with Gasteiger partial charge in [-0.05, 0) is 42.5 Å². The van der Waals surface area contributed by atoms with E-state index < -0.39 is 0 Å². The van der Waals surface area contributed by atoms with Crippen LogP contribution in [0.3, 0.4) is 0 Å². The number of carbonyl (C=O) groups excluding carboxylic acids is 2. The van der Waals surface area contributed by atoms with Crippen LogP contribution < -0.4 is 11.5 Å². The molecule has 4 N–H and O–H groups in total. The van der Waals surface area contributed by atoms with Crippen LogP contribution in [0.25, 0.3) is 10.8 Å². The second-order valence-electron chi connectivity index (χ2n) is 5.88. The molecule has 1 heterocycles. The minimum atomic E-state index is -0.288. The molecule has 0 fully saturated rings. The third kappa shape index (κ3) is 2.37. The van der Waals surface area contributed by atoms with Crippen LogP contribution in [-0.4, -0.2) is 29.8 Å². The van der Waals surface area contributed by atoms with Crippen LogP contribution >= 0.6 is 0 Å². The van der Waals surface area contributed by atoms with Crippen LogP contribution in [0.15, 0.2) is 24.3 Å². The molecule has 120 valence electrons. The first-order chi connectivity index (χ1) is 11.1. The molecule has 0 spiro atoms. The first kappa shape index (κ1) is 15.5. The number of anilines is 1. The number of hydrogen-bond acceptors (Lipinski definition) is 4. The SMILES string of the molecule is CCCCN1C(=O)c2cccc3c(CCN)cc(N)c(c23)C1=O. The summed E-state index contributed by atoms with van der Waals surface area (Å²) in [7, 11) is 0. The van der Waals surface area contributed by atoms with E-state index in [4.69, 9.17) is 11.5 Å². The molecule has 2 amide bonds. The van der Waals surface area contributed by atoms with E-state index in [1.54, 1.807) is 6.07 Å². The van der Waals surface area contributed by atoms with E-state index in [9.17, 15) is 9.59 Å². The third-order valence-corrected chi connectivity index (χ3v) is 4.36. The molecule has 5 nitrogen and oxygen atoms in total. The zero-order chi connectivity index (χ0) is 16.6. The number of unbranched alkanes of at least 4 members (excludes halogenated alkanes) is 1. The largest absolute Gasteiger partial charge is 0.398 e. The van der Waals surface area contributed by atoms with Crippen LogP contribution in [0.1, 0.15) is 46.0 Å². The number of benzene rings is 2. The molecule has 2 aromatic rings. The first-order valence-electron chi connectivity index (χ1n) is 8.00. The van der Waals surface area contributed by atoms with Crippen molar-refractivity contribution in [2.24, 2.45) is 5.73 Å². The van der Waals surface area contributed by atoms with Crippen molar-refractivity contribution in [3.05, 3.63) is 41.0 Å². The molecule has 0 bridgehead atoms. The number of nitrogens with two attached hydrogens (primary N) is 2. The lowest BCUT2D eigenvalue weighted by Gasteiger charge is -2.28. The highest BCUT2D eigenvalue weighted by Crippen LogP contribution is 2.36. The van der Waals surface area contributed by atoms with Crippen LogP contribution in [0.4, 0.5) is 5.69 Å². The number of carbonyl (C=O) groups is 2. The van der Waals surface area contributed by atoms with Gasteiger partial charge in [0.2, 0.25) is 0 Å². The normalized spacial score (nSPS) is 13.9. The monoisotopic (exact) mass is 311 g/mol. The summed E-state index contributed by atoms with van der Waals surface area (Å²) in [6, 6.07) is 7.36. The highest BCUT2D eigenvalue weighted by atomic mass is 16.2. The molecule has 0 atom stereocenters. The molecule has 0 saturated heterocycles. The summed E-state index contributed by atoms with van der Waals surface area (Å²) in [6.07, 6.45) is 2.36. The number of hydrogen-bond donors (Lipinski definition) is 2. The van der Waals surface area contributed by atoms with Gasteiger partial charge in [0.05, 0.1) is 5.56 Å². The van der Waals surface area contributed by atoms with Crippen molar-refractivity contribution in [3.63, 3.8) is 0 Å². The lowest BCUT2D eigenvalue weighted by molar-refractivity contribution is 0.0609. The van der Waals surface area contributed by atoms with E-state index in [0.717, 1.165) is 23.8 Å². The molecule has 2 aromatic carbocycles. The quantitative estimate of drug-likeness (QED) is 0.655. The highest BCUT2D eigenvalue weighted by molar-refractivity contribution is 6.27. The van der Waals surface area contributed by atoms with Crippen molar-refractivity contribution in [2.75, 3.05) is 18.8 Å². The Morgan fingerprint density at radius 3 is 2.65 bits per heavy atom. The Morgan fingerprint density at radius 2 is 1.96 bits per heavy atom. The van der Waals surface area contributed by atoms with Crippen molar-refractivity contribution in [1.29, 1.82) is 0 Å². The summed E-state index contributed by atoms with van der Waals surface area (Å²) in [5.41, 5.74) is 14.2. The standard InChI is InChI=1S/C18H21N3O2/c1-2-3-9-21-17(22)13-6-4-5-12-11(7-8-19)10-14(20)16(15(12)13)18(21)23/h4-6,10H,2-3,7-9,19-20H2,1H3. The maximum Gasteiger partial charge on any atom is 0.263 e. The lowest BCUT2D eigenvalue weighted by atomic mass is 9.89. The molecule has 0 aliphatic carbocycles. The van der Waals surface area contributed by atoms with Gasteiger partial charge in [-0.2, -0.15) is 0 Å². The van der Waals surface area contributed by atoms with Gasteiger partial charge in [0.15, 0.2) is 0 Å². The molecule has 5 heteroatoms. The molecular formula is C18H21N3O2. The van der Waals surface area contributed by atoms with Crippen molar-refractivity contribution < 1.29 is 9.59 Å². The van der Waals surface area contributed by atoms with Crippen molar-refractivity contribution in [2.45, 2.75) is 26.2 Å². The van der Waals surface area contributed by atoms with Gasteiger partial charge in [-0.15, -0.1) is 0 Å². The number of amides is 2. The van der Waals surface area contributed by atoms with E-state index in [2.05, 4.69) is 0 Å². The maximum absolute atomic E-state index is 12.8. The minimum absolute atomic E-state index is 0.231. The van der Waals surface area contributed by atoms with Crippen LogP contribution in [0.5, 0.6) is 0 Å². The average molecular weight is 311 g/mol. The first-order valence-corrected chi connectivity index (χ1v) is 8.00. The maximum atomic E-state index is 12.8. The molecular weight excluding hydrogens is 290 g/mol. The third-order valence-electron chi connectivity index (χ3n) is 4.36. The smallest absolute Gasteiger partial charge is 0.263 e. The Morgan fingerprint density at radius 1 is 1.17 bits per heavy atom. The molecule has 0 radical (unpaired) electrons. The summed E-state index contributed by atoms with van der Waals surface area (Å²) < 4.78 is 0. The van der Waals surface area contributed by atoms with E-state index >= 15 is 0 Å². The second kappa shape index (κ2) is 6.01. The van der Waals surface area contributed by atoms with Gasteiger partial charge in [-0.3, -0.25) is 14.5 Å². The second-order valence-corrected chi connectivity index (χ2v) is 5.88. The Balaban J connectivity index is 2.26. The van der Waals surface area contributed by atoms with E-state index in [1.807, 2.05) is 25.1 Å². The summed E-state index contributed by atoms with van der Waals surface area (Å²) in [5, 5.41) is 1.58. The van der Waals surface area contributed by atoms with Gasteiger partial charge >= 0.3 is 0 Å². The summed E-state index contributed by atoms with van der Waals surface area (Å²) in [6.45, 7) is 2.94. The van der Waals surface area contributed by atoms with Crippen molar-refractivity contribution in [1.82, 2.24) is 4.90 Å². The molecule has 0 aromatic heterocycles. The number of imide groups is 1. The molecule has 0 saturated carbocycles. The predicted octanol–water partition coefficient (Wildman–Crippen LogP) is 2.32. The molecule has 1 aliphatic rings. The molecule has 23 heavy (non-hydrogen) atoms. The van der Waals surface area contributed by atoms with Gasteiger partial charge in [0, 0.05) is 23.2 Å². The van der Waals surface area contributed by atoms with Crippen LogP contribution in [0, 0.1) is 0 Å². The van der Waals surface area contributed by atoms with Gasteiger partial charge < -0.3 is 11.5 Å². The van der Waals surface area contributed by atoms with Gasteiger partial charge in [0.25, 0.3) is 11.8 Å². The summed E-state index contributed by atoms with van der Waals surface area (Å²) in [4.78, 5) is 26.9. The van der Waals surface area contributed by atoms with E-state index in [0.29, 0.717) is 41.7 Å². The Bertz CT molecular complexity index is 798. The molecule has 1 aliphatic heterocycles. The number of rotatable bonds is 5. The Hall–Kier alpha value is -2.40. The summed E-state index contributed by atoms with van der Waals surface area (Å²) >= 11 is 0. The van der Waals surface area contributed by atoms with Crippen molar-refractivity contribution >= 4 is 28.3 Å². The topological polar surface area (TPSA) is 89.4 Å². The Kier molecular flexibility index (Phi) is 4.05. The fraction of sp³-hybridized carbons (Fsp3) is 0.333. The molecule has 0 unspecified atom stereocenters. The van der Waals surface area contributed by atoms with Gasteiger partial charge in [-0.1, -0.05) is 25.5 Å². The number of nitrogen functional groups attached to an aromatic ring is 1. The highest BCUT2D eigenvalue weighted by Gasteiger charge is 2.34. The van der Waals surface area contributed by atoms with Gasteiger partial charge in [-0.25, -0.2) is 0 Å². The zero-order valence-electron chi connectivity index (χ0n) is 13.3. The minimum Gasteiger partial charge on any atom is -0.398 e. The predicted molar refractivity (Wildman–Crippen MR) is 91.4 cm³/mol. The van der Waals surface area contributed by atoms with E-state index in [1.165, 1.54) is 4.90 Å². The summed E-state index contributed by atoms with van der Waals surface area (Å²) in [5.74, 6) is -0.519. The zero-order valence-corrected chi connectivity index (χ0v) is 13.3.